The molecule has 1 N–H and O–H groups in total. The summed E-state index contributed by atoms with van der Waals surface area (Å²) in [4.78, 5) is 0. The molecular formula is C13H13FN2. The maximum atomic E-state index is 13.0. The molecule has 0 saturated heterocycles. The highest BCUT2D eigenvalue weighted by atomic mass is 19.1. The fourth-order valence-electron chi connectivity index (χ4n) is 1.33. The maximum Gasteiger partial charge on any atom is 0.140 e. The van der Waals surface area contributed by atoms with Crippen LogP contribution in [-0.2, 0) is 6.54 Å². The van der Waals surface area contributed by atoms with E-state index < -0.39 is 5.82 Å². The van der Waals surface area contributed by atoms with Gasteiger partial charge in [-0.1, -0.05) is 18.9 Å². The van der Waals surface area contributed by atoms with Crippen molar-refractivity contribution in [3.05, 3.63) is 35.1 Å². The molecule has 0 aliphatic rings. The van der Waals surface area contributed by atoms with Gasteiger partial charge in [-0.05, 0) is 24.1 Å². The summed E-state index contributed by atoms with van der Waals surface area (Å²) in [6, 6.07) is 6.29. The Labute approximate surface area is 95.1 Å². The van der Waals surface area contributed by atoms with Gasteiger partial charge in [0.25, 0.3) is 0 Å². The van der Waals surface area contributed by atoms with Gasteiger partial charge in [0.1, 0.15) is 11.9 Å². The summed E-state index contributed by atoms with van der Waals surface area (Å²) < 4.78 is 13.0. The van der Waals surface area contributed by atoms with Gasteiger partial charge < -0.3 is 0 Å². The molecule has 0 spiro atoms. The van der Waals surface area contributed by atoms with Crippen LogP contribution < -0.4 is 5.32 Å². The third kappa shape index (κ3) is 3.08. The van der Waals surface area contributed by atoms with Gasteiger partial charge in [0.2, 0.25) is 0 Å². The fourth-order valence-corrected chi connectivity index (χ4v) is 1.33. The molecule has 0 heterocycles. The van der Waals surface area contributed by atoms with Gasteiger partial charge in [-0.2, -0.15) is 5.26 Å². The minimum absolute atomic E-state index is 0.00980. The SMILES string of the molecule is C#CC(CC)NCc1ccc(F)c(C#N)c1. The van der Waals surface area contributed by atoms with E-state index in [1.165, 1.54) is 12.1 Å². The van der Waals surface area contributed by atoms with Crippen LogP contribution in [0, 0.1) is 29.5 Å². The second kappa shape index (κ2) is 5.90. The van der Waals surface area contributed by atoms with Crippen LogP contribution in [0.3, 0.4) is 0 Å². The van der Waals surface area contributed by atoms with Crippen LogP contribution in [0.1, 0.15) is 24.5 Å². The van der Waals surface area contributed by atoms with E-state index in [0.29, 0.717) is 6.54 Å². The minimum atomic E-state index is -0.491. The molecular weight excluding hydrogens is 203 g/mol. The first-order chi connectivity index (χ1) is 7.71. The molecule has 0 radical (unpaired) electrons. The number of nitrogens with zero attached hydrogens (tertiary/aromatic N) is 1. The molecule has 0 aliphatic carbocycles. The zero-order valence-corrected chi connectivity index (χ0v) is 9.13. The molecule has 1 rings (SSSR count). The van der Waals surface area contributed by atoms with E-state index >= 15 is 0 Å². The predicted molar refractivity (Wildman–Crippen MR) is 60.9 cm³/mol. The quantitative estimate of drug-likeness (QED) is 0.783. The van der Waals surface area contributed by atoms with E-state index in [-0.39, 0.29) is 11.6 Å². The Morgan fingerprint density at radius 1 is 1.56 bits per heavy atom. The zero-order chi connectivity index (χ0) is 12.0. The first kappa shape index (κ1) is 12.2. The summed E-state index contributed by atoms with van der Waals surface area (Å²) in [5.74, 6) is 2.12. The van der Waals surface area contributed by atoms with Gasteiger partial charge >= 0.3 is 0 Å². The topological polar surface area (TPSA) is 35.8 Å². The van der Waals surface area contributed by atoms with E-state index in [9.17, 15) is 4.39 Å². The lowest BCUT2D eigenvalue weighted by Crippen LogP contribution is -2.26. The lowest BCUT2D eigenvalue weighted by Gasteiger charge is -2.10. The fraction of sp³-hybridized carbons (Fsp3) is 0.308. The van der Waals surface area contributed by atoms with E-state index in [1.54, 1.807) is 6.07 Å². The Balaban J connectivity index is 2.69. The van der Waals surface area contributed by atoms with Crippen LogP contribution in [0.4, 0.5) is 4.39 Å². The highest BCUT2D eigenvalue weighted by Crippen LogP contribution is 2.09. The summed E-state index contributed by atoms with van der Waals surface area (Å²) in [6.45, 7) is 2.53. The lowest BCUT2D eigenvalue weighted by molar-refractivity contribution is 0.589. The first-order valence-corrected chi connectivity index (χ1v) is 5.09. The first-order valence-electron chi connectivity index (χ1n) is 5.09. The van der Waals surface area contributed by atoms with E-state index in [0.717, 1.165) is 12.0 Å². The normalized spacial score (nSPS) is 11.5. The molecule has 1 atom stereocenters. The summed E-state index contributed by atoms with van der Waals surface area (Å²) >= 11 is 0. The Hall–Kier alpha value is -1.84. The molecule has 0 amide bonds. The van der Waals surface area contributed by atoms with Gasteiger partial charge in [-0.25, -0.2) is 4.39 Å². The van der Waals surface area contributed by atoms with Gasteiger partial charge in [0, 0.05) is 6.54 Å². The Bertz CT molecular complexity index is 440. The molecule has 2 nitrogen and oxygen atoms in total. The lowest BCUT2D eigenvalue weighted by atomic mass is 10.1. The molecule has 0 bridgehead atoms. The van der Waals surface area contributed by atoms with Crippen molar-refractivity contribution in [2.75, 3.05) is 0 Å². The molecule has 1 unspecified atom stereocenters. The molecule has 16 heavy (non-hydrogen) atoms. The Morgan fingerprint density at radius 3 is 2.88 bits per heavy atom. The third-order valence-corrected chi connectivity index (χ3v) is 2.31. The van der Waals surface area contributed by atoms with Crippen molar-refractivity contribution >= 4 is 0 Å². The number of benzene rings is 1. The van der Waals surface area contributed by atoms with Crippen LogP contribution in [0.25, 0.3) is 0 Å². The van der Waals surface area contributed by atoms with Crippen LogP contribution in [0.15, 0.2) is 18.2 Å². The van der Waals surface area contributed by atoms with Crippen molar-refractivity contribution < 1.29 is 4.39 Å². The van der Waals surface area contributed by atoms with E-state index in [1.807, 2.05) is 13.0 Å². The minimum Gasteiger partial charge on any atom is -0.300 e. The Kier molecular flexibility index (Phi) is 4.51. The molecule has 1 aromatic carbocycles. The zero-order valence-electron chi connectivity index (χ0n) is 9.13. The highest BCUT2D eigenvalue weighted by Gasteiger charge is 2.04. The molecule has 0 aliphatic heterocycles. The summed E-state index contributed by atoms with van der Waals surface area (Å²) in [5, 5.41) is 11.8. The molecule has 1 aromatic rings. The summed E-state index contributed by atoms with van der Waals surface area (Å²) in [7, 11) is 0. The second-order valence-corrected chi connectivity index (χ2v) is 3.43. The average Bonchev–Trinajstić information content (AvgIpc) is 2.32. The average molecular weight is 216 g/mol. The number of terminal acetylenes is 1. The van der Waals surface area contributed by atoms with Crippen molar-refractivity contribution in [2.24, 2.45) is 0 Å². The third-order valence-electron chi connectivity index (χ3n) is 2.31. The largest absolute Gasteiger partial charge is 0.300 e. The monoisotopic (exact) mass is 216 g/mol. The van der Waals surface area contributed by atoms with Gasteiger partial charge in [-0.3, -0.25) is 5.32 Å². The number of halogens is 1. The molecule has 0 saturated carbocycles. The van der Waals surface area contributed by atoms with Crippen molar-refractivity contribution in [1.82, 2.24) is 5.32 Å². The molecule has 0 fully saturated rings. The van der Waals surface area contributed by atoms with Gasteiger partial charge in [-0.15, -0.1) is 6.42 Å². The van der Waals surface area contributed by atoms with Gasteiger partial charge in [0.15, 0.2) is 0 Å². The van der Waals surface area contributed by atoms with Crippen molar-refractivity contribution in [1.29, 1.82) is 5.26 Å². The molecule has 3 heteroatoms. The van der Waals surface area contributed by atoms with Crippen LogP contribution in [0.5, 0.6) is 0 Å². The smallest absolute Gasteiger partial charge is 0.140 e. The Morgan fingerprint density at radius 2 is 2.31 bits per heavy atom. The summed E-state index contributed by atoms with van der Waals surface area (Å²) in [6.07, 6.45) is 6.14. The number of rotatable bonds is 4. The second-order valence-electron chi connectivity index (χ2n) is 3.43. The van der Waals surface area contributed by atoms with E-state index in [2.05, 4.69) is 11.2 Å². The van der Waals surface area contributed by atoms with Crippen molar-refractivity contribution in [3.8, 4) is 18.4 Å². The predicted octanol–water partition coefficient (Wildman–Crippen LogP) is 2.20. The standard InChI is InChI=1S/C13H13FN2/c1-3-12(4-2)16-9-10-5-6-13(14)11(7-10)8-15/h1,5-7,12,16H,4,9H2,2H3. The molecule has 82 valence electrons. The van der Waals surface area contributed by atoms with Crippen LogP contribution in [0.2, 0.25) is 0 Å². The highest BCUT2D eigenvalue weighted by molar-refractivity contribution is 5.34. The number of hydrogen-bond donors (Lipinski definition) is 1. The molecule has 0 aromatic heterocycles. The number of hydrogen-bond acceptors (Lipinski definition) is 2. The van der Waals surface area contributed by atoms with Gasteiger partial charge in [0.05, 0.1) is 11.6 Å². The van der Waals surface area contributed by atoms with E-state index in [4.69, 9.17) is 11.7 Å². The van der Waals surface area contributed by atoms with Crippen molar-refractivity contribution in [3.63, 3.8) is 0 Å². The maximum absolute atomic E-state index is 13.0. The number of nitrogens with one attached hydrogen (secondary N) is 1. The van der Waals surface area contributed by atoms with Crippen LogP contribution in [-0.4, -0.2) is 6.04 Å². The van der Waals surface area contributed by atoms with Crippen LogP contribution >= 0.6 is 0 Å². The number of nitriles is 1. The summed E-state index contributed by atoms with van der Waals surface area (Å²) in [5.41, 5.74) is 0.916. The van der Waals surface area contributed by atoms with Crippen molar-refractivity contribution in [2.45, 2.75) is 25.9 Å².